The van der Waals surface area contributed by atoms with Crippen molar-refractivity contribution in [3.63, 3.8) is 0 Å². The van der Waals surface area contributed by atoms with Gasteiger partial charge in [-0.1, -0.05) is 48.0 Å². The fourth-order valence-corrected chi connectivity index (χ4v) is 3.10. The van der Waals surface area contributed by atoms with Crippen LogP contribution in [0.25, 0.3) is 22.2 Å². The second-order valence-corrected chi connectivity index (χ2v) is 7.03. The number of amides is 2. The molecule has 0 saturated carbocycles. The van der Waals surface area contributed by atoms with Crippen molar-refractivity contribution < 1.29 is 9.59 Å². The van der Waals surface area contributed by atoms with Crippen LogP contribution in [0.15, 0.2) is 53.3 Å². The van der Waals surface area contributed by atoms with Gasteiger partial charge in [-0.05, 0) is 25.1 Å². The average Bonchev–Trinajstić information content (AvgIpc) is 3.26. The molecular formula is C21H20N8O3. The van der Waals surface area contributed by atoms with Crippen molar-refractivity contribution >= 4 is 22.6 Å². The van der Waals surface area contributed by atoms with E-state index in [4.69, 9.17) is 0 Å². The molecule has 0 fully saturated rings. The number of nitrogens with zero attached hydrogens (tertiary/aromatic N) is 6. The van der Waals surface area contributed by atoms with E-state index >= 15 is 0 Å². The molecule has 0 aliphatic rings. The van der Waals surface area contributed by atoms with Crippen LogP contribution in [0.1, 0.15) is 23.0 Å². The van der Waals surface area contributed by atoms with Gasteiger partial charge in [0.25, 0.3) is 17.4 Å². The number of carbonyl (C=O) groups excluding carboxylic acids is 2. The molecule has 0 unspecified atom stereocenters. The molecule has 0 bridgehead atoms. The standard InChI is InChI=1S/C21H20N8O3/c1-3-28-21(32)16-7-5-4-6-15(16)18(25-28)20(31)24-22-17(30)12-29-26-19(23-27-29)14-10-8-13(2)9-11-14/h4-11H,3,12H2,1-2H3,(H,22,30)(H,24,31). The Bertz CT molecular complexity index is 1360. The Morgan fingerprint density at radius 3 is 2.41 bits per heavy atom. The number of hydrogen-bond donors (Lipinski definition) is 2. The lowest BCUT2D eigenvalue weighted by molar-refractivity contribution is -0.122. The summed E-state index contributed by atoms with van der Waals surface area (Å²) in [6, 6.07) is 14.3. The summed E-state index contributed by atoms with van der Waals surface area (Å²) in [6.45, 7) is 3.78. The number of benzene rings is 2. The van der Waals surface area contributed by atoms with E-state index in [1.54, 1.807) is 31.2 Å². The summed E-state index contributed by atoms with van der Waals surface area (Å²) in [5.41, 5.74) is 6.25. The molecule has 0 saturated heterocycles. The lowest BCUT2D eigenvalue weighted by Gasteiger charge is -2.10. The van der Waals surface area contributed by atoms with Gasteiger partial charge in [0.05, 0.1) is 5.39 Å². The van der Waals surface area contributed by atoms with E-state index in [1.165, 1.54) is 4.68 Å². The maximum atomic E-state index is 12.7. The zero-order valence-corrected chi connectivity index (χ0v) is 17.4. The van der Waals surface area contributed by atoms with E-state index in [9.17, 15) is 14.4 Å². The van der Waals surface area contributed by atoms with E-state index in [1.807, 2.05) is 31.2 Å². The van der Waals surface area contributed by atoms with Crippen LogP contribution in [0.3, 0.4) is 0 Å². The Balaban J connectivity index is 1.44. The molecule has 2 N–H and O–H groups in total. The number of aromatic nitrogens is 6. The lowest BCUT2D eigenvalue weighted by Crippen LogP contribution is -2.44. The van der Waals surface area contributed by atoms with Crippen LogP contribution in [0, 0.1) is 6.92 Å². The molecule has 11 heteroatoms. The van der Waals surface area contributed by atoms with Gasteiger partial charge >= 0.3 is 0 Å². The molecule has 4 aromatic rings. The van der Waals surface area contributed by atoms with Crippen molar-refractivity contribution in [3.05, 3.63) is 70.1 Å². The van der Waals surface area contributed by atoms with Gasteiger partial charge in [0.1, 0.15) is 6.54 Å². The number of hydrazine groups is 1. The zero-order valence-electron chi connectivity index (χ0n) is 17.4. The number of fused-ring (bicyclic) bond motifs is 1. The summed E-state index contributed by atoms with van der Waals surface area (Å²) < 4.78 is 1.20. The van der Waals surface area contributed by atoms with Gasteiger partial charge in [0, 0.05) is 17.5 Å². The van der Waals surface area contributed by atoms with Gasteiger partial charge in [-0.2, -0.15) is 9.90 Å². The molecular weight excluding hydrogens is 412 g/mol. The van der Waals surface area contributed by atoms with Crippen LogP contribution in [0.2, 0.25) is 0 Å². The van der Waals surface area contributed by atoms with Crippen molar-refractivity contribution in [1.29, 1.82) is 0 Å². The van der Waals surface area contributed by atoms with E-state index in [0.29, 0.717) is 23.1 Å². The molecule has 2 heterocycles. The van der Waals surface area contributed by atoms with Crippen molar-refractivity contribution in [3.8, 4) is 11.4 Å². The van der Waals surface area contributed by atoms with Crippen molar-refractivity contribution in [1.82, 2.24) is 40.8 Å². The summed E-state index contributed by atoms with van der Waals surface area (Å²) >= 11 is 0. The van der Waals surface area contributed by atoms with Crippen LogP contribution in [0.4, 0.5) is 0 Å². The molecule has 162 valence electrons. The molecule has 4 rings (SSSR count). The van der Waals surface area contributed by atoms with Crippen molar-refractivity contribution in [2.45, 2.75) is 26.9 Å². The number of hydrogen-bond acceptors (Lipinski definition) is 7. The Morgan fingerprint density at radius 1 is 0.969 bits per heavy atom. The highest BCUT2D eigenvalue weighted by Crippen LogP contribution is 2.14. The van der Waals surface area contributed by atoms with E-state index in [2.05, 4.69) is 31.4 Å². The molecule has 11 nitrogen and oxygen atoms in total. The molecule has 0 spiro atoms. The second kappa shape index (κ2) is 8.76. The predicted octanol–water partition coefficient (Wildman–Crippen LogP) is 0.840. The monoisotopic (exact) mass is 432 g/mol. The number of aryl methyl sites for hydroxylation is 2. The van der Waals surface area contributed by atoms with Crippen LogP contribution in [-0.2, 0) is 17.9 Å². The smallest absolute Gasteiger partial charge is 0.271 e. The Kier molecular flexibility index (Phi) is 5.71. The number of nitrogens with one attached hydrogen (secondary N) is 2. The zero-order chi connectivity index (χ0) is 22.7. The fourth-order valence-electron chi connectivity index (χ4n) is 3.10. The molecule has 2 aromatic carbocycles. The van der Waals surface area contributed by atoms with Crippen LogP contribution in [-0.4, -0.2) is 41.8 Å². The van der Waals surface area contributed by atoms with Gasteiger partial charge in [-0.25, -0.2) is 4.68 Å². The topological polar surface area (TPSA) is 137 Å². The molecule has 2 amide bonds. The first-order valence-electron chi connectivity index (χ1n) is 9.90. The van der Waals surface area contributed by atoms with Gasteiger partial charge in [0.2, 0.25) is 5.82 Å². The van der Waals surface area contributed by atoms with Crippen molar-refractivity contribution in [2.75, 3.05) is 0 Å². The van der Waals surface area contributed by atoms with Crippen LogP contribution >= 0.6 is 0 Å². The first-order valence-corrected chi connectivity index (χ1v) is 9.90. The van der Waals surface area contributed by atoms with E-state index < -0.39 is 11.8 Å². The minimum atomic E-state index is -0.649. The largest absolute Gasteiger partial charge is 0.290 e. The third kappa shape index (κ3) is 4.21. The van der Waals surface area contributed by atoms with Crippen molar-refractivity contribution in [2.24, 2.45) is 0 Å². The summed E-state index contributed by atoms with van der Waals surface area (Å²) in [6.07, 6.45) is 0. The highest BCUT2D eigenvalue weighted by molar-refractivity contribution is 6.05. The van der Waals surface area contributed by atoms with Gasteiger partial charge in [-0.3, -0.25) is 25.2 Å². The summed E-state index contributed by atoms with van der Waals surface area (Å²) in [7, 11) is 0. The molecule has 2 aromatic heterocycles. The number of tetrazole rings is 1. The average molecular weight is 432 g/mol. The van der Waals surface area contributed by atoms with Gasteiger partial charge in [-0.15, -0.1) is 10.2 Å². The van der Waals surface area contributed by atoms with E-state index in [-0.39, 0.29) is 17.8 Å². The van der Waals surface area contributed by atoms with Crippen LogP contribution in [0.5, 0.6) is 0 Å². The predicted molar refractivity (Wildman–Crippen MR) is 115 cm³/mol. The number of carbonyl (C=O) groups is 2. The Hall–Kier alpha value is -4.41. The normalized spacial score (nSPS) is 10.8. The summed E-state index contributed by atoms with van der Waals surface area (Å²) in [4.78, 5) is 38.4. The maximum absolute atomic E-state index is 12.7. The SMILES string of the molecule is CCn1nc(C(=O)NNC(=O)Cn2nnc(-c3ccc(C)cc3)n2)c2ccccc2c1=O. The molecule has 0 aliphatic heterocycles. The summed E-state index contributed by atoms with van der Waals surface area (Å²) in [5, 5.41) is 16.9. The number of rotatable bonds is 5. The van der Waals surface area contributed by atoms with Crippen LogP contribution < -0.4 is 16.4 Å². The first kappa shape index (κ1) is 20.8. The fraction of sp³-hybridized carbons (Fsp3) is 0.190. The minimum Gasteiger partial charge on any atom is -0.271 e. The van der Waals surface area contributed by atoms with E-state index in [0.717, 1.165) is 15.9 Å². The third-order valence-corrected chi connectivity index (χ3v) is 4.75. The quantitative estimate of drug-likeness (QED) is 0.446. The lowest BCUT2D eigenvalue weighted by atomic mass is 10.1. The Morgan fingerprint density at radius 2 is 1.69 bits per heavy atom. The highest BCUT2D eigenvalue weighted by atomic mass is 16.2. The Labute approximate surface area is 182 Å². The molecule has 0 atom stereocenters. The molecule has 0 aliphatic carbocycles. The maximum Gasteiger partial charge on any atom is 0.290 e. The minimum absolute atomic E-state index is 0.0305. The third-order valence-electron chi connectivity index (χ3n) is 4.75. The second-order valence-electron chi connectivity index (χ2n) is 7.03. The van der Waals surface area contributed by atoms with Gasteiger partial charge in [0.15, 0.2) is 5.69 Å². The van der Waals surface area contributed by atoms with Gasteiger partial charge < -0.3 is 0 Å². The molecule has 0 radical (unpaired) electrons. The first-order chi connectivity index (χ1) is 15.5. The highest BCUT2D eigenvalue weighted by Gasteiger charge is 2.17. The summed E-state index contributed by atoms with van der Waals surface area (Å²) in [5.74, 6) is -0.817. The molecule has 32 heavy (non-hydrogen) atoms.